The standard InChI is InChI=1S/C18H24N4O2/c19-18(8-2-1-3-9-18)17(23)20-12-6-7-13-14(11-12)22-16(21-13)15-5-4-10-24-15/h6-7,11,15H,1-5,8-10,19H2,(H,20,23)(H,21,22). The summed E-state index contributed by atoms with van der Waals surface area (Å²) in [6.07, 6.45) is 6.86. The van der Waals surface area contributed by atoms with Crippen molar-refractivity contribution in [3.63, 3.8) is 0 Å². The molecule has 1 saturated heterocycles. The molecule has 4 N–H and O–H groups in total. The van der Waals surface area contributed by atoms with E-state index in [0.717, 1.165) is 67.7 Å². The molecule has 24 heavy (non-hydrogen) atoms. The second kappa shape index (κ2) is 6.18. The molecule has 4 rings (SSSR count). The van der Waals surface area contributed by atoms with Gasteiger partial charge in [-0.05, 0) is 43.9 Å². The van der Waals surface area contributed by atoms with Crippen molar-refractivity contribution in [3.05, 3.63) is 24.0 Å². The number of H-pyrrole nitrogens is 1. The number of fused-ring (bicyclic) bond motifs is 1. The molecule has 0 spiro atoms. The van der Waals surface area contributed by atoms with Gasteiger partial charge in [0.15, 0.2) is 0 Å². The summed E-state index contributed by atoms with van der Waals surface area (Å²) < 4.78 is 5.68. The van der Waals surface area contributed by atoms with Gasteiger partial charge in [-0.25, -0.2) is 4.98 Å². The Balaban J connectivity index is 1.53. The lowest BCUT2D eigenvalue weighted by atomic mass is 9.82. The summed E-state index contributed by atoms with van der Waals surface area (Å²) in [5.74, 6) is 0.786. The van der Waals surface area contributed by atoms with Crippen molar-refractivity contribution in [2.24, 2.45) is 5.73 Å². The summed E-state index contributed by atoms with van der Waals surface area (Å²) >= 11 is 0. The number of hydrogen-bond donors (Lipinski definition) is 3. The maximum Gasteiger partial charge on any atom is 0.244 e. The largest absolute Gasteiger partial charge is 0.370 e. The highest BCUT2D eigenvalue weighted by Crippen LogP contribution is 2.30. The van der Waals surface area contributed by atoms with E-state index in [1.165, 1.54) is 6.42 Å². The summed E-state index contributed by atoms with van der Waals surface area (Å²) in [5.41, 5.74) is 8.12. The van der Waals surface area contributed by atoms with Crippen molar-refractivity contribution in [2.75, 3.05) is 11.9 Å². The van der Waals surface area contributed by atoms with Crippen LogP contribution in [0.1, 0.15) is 56.9 Å². The number of nitrogens with two attached hydrogens (primary N) is 1. The molecule has 1 aromatic carbocycles. The van der Waals surface area contributed by atoms with Crippen LogP contribution in [-0.4, -0.2) is 28.0 Å². The first-order chi connectivity index (χ1) is 11.6. The van der Waals surface area contributed by atoms with Crippen molar-refractivity contribution in [3.8, 4) is 0 Å². The van der Waals surface area contributed by atoms with E-state index in [-0.39, 0.29) is 12.0 Å². The van der Waals surface area contributed by atoms with E-state index in [0.29, 0.717) is 0 Å². The Morgan fingerprint density at radius 3 is 2.88 bits per heavy atom. The van der Waals surface area contributed by atoms with Gasteiger partial charge in [0.25, 0.3) is 0 Å². The quantitative estimate of drug-likeness (QED) is 0.807. The number of anilines is 1. The smallest absolute Gasteiger partial charge is 0.244 e. The number of benzene rings is 1. The number of carbonyl (C=O) groups excluding carboxylic acids is 1. The molecule has 2 aliphatic rings. The lowest BCUT2D eigenvalue weighted by molar-refractivity contribution is -0.122. The van der Waals surface area contributed by atoms with Crippen LogP contribution in [0.5, 0.6) is 0 Å². The molecule has 2 heterocycles. The fourth-order valence-corrected chi connectivity index (χ4v) is 3.72. The Morgan fingerprint density at radius 1 is 1.29 bits per heavy atom. The lowest BCUT2D eigenvalue weighted by Gasteiger charge is -2.31. The van der Waals surface area contributed by atoms with Crippen molar-refractivity contribution < 1.29 is 9.53 Å². The summed E-state index contributed by atoms with van der Waals surface area (Å²) in [5, 5.41) is 2.98. The van der Waals surface area contributed by atoms with E-state index in [9.17, 15) is 4.79 Å². The minimum Gasteiger partial charge on any atom is -0.370 e. The van der Waals surface area contributed by atoms with E-state index in [1.807, 2.05) is 18.2 Å². The molecule has 0 radical (unpaired) electrons. The van der Waals surface area contributed by atoms with Gasteiger partial charge in [-0.15, -0.1) is 0 Å². The predicted octanol–water partition coefficient (Wildman–Crippen LogP) is 3.01. The molecule has 0 bridgehead atoms. The van der Waals surface area contributed by atoms with Crippen molar-refractivity contribution >= 4 is 22.6 Å². The Hall–Kier alpha value is -1.92. The van der Waals surface area contributed by atoms with Gasteiger partial charge in [0.05, 0.1) is 16.6 Å². The maximum absolute atomic E-state index is 12.6. The molecule has 6 nitrogen and oxygen atoms in total. The van der Waals surface area contributed by atoms with Crippen molar-refractivity contribution in [1.82, 2.24) is 9.97 Å². The topological polar surface area (TPSA) is 93.0 Å². The second-order valence-corrected chi connectivity index (χ2v) is 7.03. The summed E-state index contributed by atoms with van der Waals surface area (Å²) in [4.78, 5) is 20.5. The number of hydrogen-bond acceptors (Lipinski definition) is 4. The van der Waals surface area contributed by atoms with Crippen molar-refractivity contribution in [2.45, 2.75) is 56.6 Å². The number of aromatic nitrogens is 2. The zero-order chi connectivity index (χ0) is 16.6. The molecule has 1 aliphatic carbocycles. The second-order valence-electron chi connectivity index (χ2n) is 7.03. The Morgan fingerprint density at radius 2 is 2.12 bits per heavy atom. The fourth-order valence-electron chi connectivity index (χ4n) is 3.72. The van der Waals surface area contributed by atoms with Gasteiger partial charge >= 0.3 is 0 Å². The summed E-state index contributed by atoms with van der Waals surface area (Å²) in [6, 6.07) is 5.72. The highest BCUT2D eigenvalue weighted by molar-refractivity contribution is 5.99. The van der Waals surface area contributed by atoms with Gasteiger partial charge in [-0.1, -0.05) is 19.3 Å². The summed E-state index contributed by atoms with van der Waals surface area (Å²) in [7, 11) is 0. The van der Waals surface area contributed by atoms with Crippen molar-refractivity contribution in [1.29, 1.82) is 0 Å². The van der Waals surface area contributed by atoms with Gasteiger partial charge in [0, 0.05) is 12.3 Å². The minimum atomic E-state index is -0.732. The van der Waals surface area contributed by atoms with E-state index >= 15 is 0 Å². The number of imidazole rings is 1. The third-order valence-electron chi connectivity index (χ3n) is 5.19. The normalized spacial score (nSPS) is 23.5. The highest BCUT2D eigenvalue weighted by atomic mass is 16.5. The molecule has 1 atom stereocenters. The molecular weight excluding hydrogens is 304 g/mol. The monoisotopic (exact) mass is 328 g/mol. The average molecular weight is 328 g/mol. The van der Waals surface area contributed by atoms with Crippen LogP contribution in [0.15, 0.2) is 18.2 Å². The first-order valence-corrected chi connectivity index (χ1v) is 8.86. The van der Waals surface area contributed by atoms with Gasteiger partial charge in [0.1, 0.15) is 11.9 Å². The molecule has 1 unspecified atom stereocenters. The molecule has 2 fully saturated rings. The van der Waals surface area contributed by atoms with Crippen LogP contribution in [0.2, 0.25) is 0 Å². The first-order valence-electron chi connectivity index (χ1n) is 8.86. The van der Waals surface area contributed by atoms with Gasteiger partial charge < -0.3 is 20.8 Å². The molecule has 2 aromatic rings. The zero-order valence-corrected chi connectivity index (χ0v) is 13.8. The minimum absolute atomic E-state index is 0.0602. The van der Waals surface area contributed by atoms with E-state index in [4.69, 9.17) is 10.5 Å². The van der Waals surface area contributed by atoms with Gasteiger partial charge in [-0.3, -0.25) is 4.79 Å². The van der Waals surface area contributed by atoms with Crippen LogP contribution in [0.4, 0.5) is 5.69 Å². The van der Waals surface area contributed by atoms with Crippen LogP contribution in [-0.2, 0) is 9.53 Å². The number of amides is 1. The Kier molecular flexibility index (Phi) is 4.02. The molecule has 1 saturated carbocycles. The fraction of sp³-hybridized carbons (Fsp3) is 0.556. The number of carbonyl (C=O) groups is 1. The molecule has 128 valence electrons. The van der Waals surface area contributed by atoms with Crippen LogP contribution >= 0.6 is 0 Å². The number of rotatable bonds is 3. The number of nitrogens with one attached hydrogen (secondary N) is 2. The number of nitrogens with zero attached hydrogens (tertiary/aromatic N) is 1. The first kappa shape index (κ1) is 15.6. The van der Waals surface area contributed by atoms with E-state index in [1.54, 1.807) is 0 Å². The molecular formula is C18H24N4O2. The predicted molar refractivity (Wildman–Crippen MR) is 92.7 cm³/mol. The van der Waals surface area contributed by atoms with Crippen LogP contribution in [0.3, 0.4) is 0 Å². The molecule has 6 heteroatoms. The zero-order valence-electron chi connectivity index (χ0n) is 13.8. The third kappa shape index (κ3) is 2.91. The SMILES string of the molecule is NC1(C(=O)Nc2ccc3nc(C4CCCO4)[nH]c3c2)CCCCC1. The van der Waals surface area contributed by atoms with E-state index in [2.05, 4.69) is 15.3 Å². The number of aromatic amines is 1. The highest BCUT2D eigenvalue weighted by Gasteiger charge is 2.35. The van der Waals surface area contributed by atoms with Crippen LogP contribution in [0.25, 0.3) is 11.0 Å². The average Bonchev–Trinajstić information content (AvgIpc) is 3.24. The van der Waals surface area contributed by atoms with Gasteiger partial charge in [0.2, 0.25) is 5.91 Å². The van der Waals surface area contributed by atoms with Crippen LogP contribution in [0, 0.1) is 0 Å². The van der Waals surface area contributed by atoms with Gasteiger partial charge in [-0.2, -0.15) is 0 Å². The number of ether oxygens (including phenoxy) is 1. The third-order valence-corrected chi connectivity index (χ3v) is 5.19. The Labute approximate surface area is 141 Å². The molecule has 1 amide bonds. The molecule has 1 aliphatic heterocycles. The Bertz CT molecular complexity index is 743. The molecule has 1 aromatic heterocycles. The summed E-state index contributed by atoms with van der Waals surface area (Å²) in [6.45, 7) is 0.793. The van der Waals surface area contributed by atoms with Crippen LogP contribution < -0.4 is 11.1 Å². The maximum atomic E-state index is 12.6. The lowest BCUT2D eigenvalue weighted by Crippen LogP contribution is -2.52. The van der Waals surface area contributed by atoms with E-state index < -0.39 is 5.54 Å².